The van der Waals surface area contributed by atoms with Gasteiger partial charge in [0.2, 0.25) is 0 Å². The van der Waals surface area contributed by atoms with Gasteiger partial charge in [0.1, 0.15) is 11.6 Å². The van der Waals surface area contributed by atoms with E-state index in [-0.39, 0.29) is 11.3 Å². The number of ketones is 2. The SMILES string of the molecule is [2H]c1c([2H])c(N)c2c(=O)n([C@@H]3C(=O)CC(=O)C([2H])([2H])C3([2H])[2H])c(C)nc2c1[2H]. The Morgan fingerprint density at radius 2 is 2.19 bits per heavy atom. The van der Waals surface area contributed by atoms with Gasteiger partial charge in [-0.25, -0.2) is 4.98 Å². The normalized spacial score (nSPS) is 28.8. The average Bonchev–Trinajstić information content (AvgIpc) is 2.59. The quantitative estimate of drug-likeness (QED) is 0.628. The van der Waals surface area contributed by atoms with Gasteiger partial charge in [-0.3, -0.25) is 19.0 Å². The zero-order valence-electron chi connectivity index (χ0n) is 18.0. The molecule has 0 aliphatic heterocycles. The zero-order valence-corrected chi connectivity index (χ0v) is 11.0. The predicted molar refractivity (Wildman–Crippen MR) is 78.1 cm³/mol. The standard InChI is InChI=1S/C15H15N3O3/c1-8-17-11-4-2-3-10(16)14(11)15(21)18(8)12-6-5-9(19)7-13(12)20/h2-4,12H,5-7,16H2,1H3/t12-/m0/s1/i2D,3D,4D,5D2,6D2. The summed E-state index contributed by atoms with van der Waals surface area (Å²) in [6.45, 7) is 1.25. The third kappa shape index (κ3) is 2.12. The van der Waals surface area contributed by atoms with Gasteiger partial charge >= 0.3 is 0 Å². The maximum atomic E-state index is 13.1. The molecule has 0 amide bonds. The molecule has 21 heavy (non-hydrogen) atoms. The third-order valence-electron chi connectivity index (χ3n) is 3.19. The second kappa shape index (κ2) is 4.80. The molecule has 0 spiro atoms. The van der Waals surface area contributed by atoms with Gasteiger partial charge in [-0.05, 0) is 25.4 Å². The Labute approximate surface area is 130 Å². The van der Waals surface area contributed by atoms with Crippen molar-refractivity contribution < 1.29 is 19.2 Å². The highest BCUT2D eigenvalue weighted by Gasteiger charge is 2.30. The second-order valence-electron chi connectivity index (χ2n) is 4.58. The molecule has 6 nitrogen and oxygen atoms in total. The second-order valence-corrected chi connectivity index (χ2v) is 4.58. The summed E-state index contributed by atoms with van der Waals surface area (Å²) in [6, 6.07) is -3.64. The molecule has 0 saturated heterocycles. The van der Waals surface area contributed by atoms with Gasteiger partial charge in [0.05, 0.1) is 27.5 Å². The lowest BCUT2D eigenvalue weighted by atomic mass is 9.92. The van der Waals surface area contributed by atoms with Gasteiger partial charge in [-0.1, -0.05) is 6.04 Å². The van der Waals surface area contributed by atoms with Gasteiger partial charge < -0.3 is 5.73 Å². The summed E-state index contributed by atoms with van der Waals surface area (Å²) in [5.74, 6) is -2.43. The number of hydrogen-bond acceptors (Lipinski definition) is 5. The summed E-state index contributed by atoms with van der Waals surface area (Å²) in [7, 11) is 0. The Morgan fingerprint density at radius 3 is 2.95 bits per heavy atom. The Hall–Kier alpha value is -2.50. The van der Waals surface area contributed by atoms with Crippen molar-refractivity contribution in [1.82, 2.24) is 9.55 Å². The third-order valence-corrected chi connectivity index (χ3v) is 3.19. The summed E-state index contributed by atoms with van der Waals surface area (Å²) in [5.41, 5.74) is 3.99. The van der Waals surface area contributed by atoms with E-state index in [1.165, 1.54) is 6.92 Å². The molecule has 1 aliphatic rings. The van der Waals surface area contributed by atoms with E-state index < -0.39 is 71.5 Å². The molecular weight excluding hydrogens is 270 g/mol. The van der Waals surface area contributed by atoms with Gasteiger partial charge in [-0.15, -0.1) is 0 Å². The van der Waals surface area contributed by atoms with Crippen LogP contribution in [0.4, 0.5) is 5.69 Å². The van der Waals surface area contributed by atoms with Crippen molar-refractivity contribution in [3.63, 3.8) is 0 Å². The number of fused-ring (bicyclic) bond motifs is 1. The fraction of sp³-hybridized carbons (Fsp3) is 0.333. The highest BCUT2D eigenvalue weighted by Crippen LogP contribution is 2.24. The van der Waals surface area contributed by atoms with Crippen LogP contribution in [0, 0.1) is 6.92 Å². The van der Waals surface area contributed by atoms with Gasteiger partial charge in [0.15, 0.2) is 5.78 Å². The van der Waals surface area contributed by atoms with Crippen LogP contribution in [-0.2, 0) is 9.59 Å². The van der Waals surface area contributed by atoms with Crippen LogP contribution in [-0.4, -0.2) is 21.1 Å². The first-order chi connectivity index (χ1) is 12.7. The number of Topliss-reactive ketones (excluding diaryl/α,β-unsaturated/α-hetero) is 2. The van der Waals surface area contributed by atoms with Crippen molar-refractivity contribution in [1.29, 1.82) is 0 Å². The average molecular weight is 292 g/mol. The van der Waals surface area contributed by atoms with Crippen molar-refractivity contribution in [2.45, 2.75) is 32.1 Å². The van der Waals surface area contributed by atoms with E-state index in [0.717, 1.165) is 0 Å². The summed E-state index contributed by atoms with van der Waals surface area (Å²) < 4.78 is 55.8. The summed E-state index contributed by atoms with van der Waals surface area (Å²) >= 11 is 0. The van der Waals surface area contributed by atoms with Gasteiger partial charge in [0, 0.05) is 17.5 Å². The number of nitrogens with two attached hydrogens (primary N) is 1. The first-order valence-corrected chi connectivity index (χ1v) is 6.09. The molecule has 2 aromatic rings. The van der Waals surface area contributed by atoms with Crippen LogP contribution in [0.2, 0.25) is 0 Å². The Bertz CT molecular complexity index is 1130. The molecule has 0 bridgehead atoms. The van der Waals surface area contributed by atoms with E-state index in [1.54, 1.807) is 0 Å². The molecule has 0 radical (unpaired) electrons. The molecule has 0 unspecified atom stereocenters. The van der Waals surface area contributed by atoms with Crippen molar-refractivity contribution in [3.05, 3.63) is 34.3 Å². The van der Waals surface area contributed by atoms with Crippen LogP contribution >= 0.6 is 0 Å². The first kappa shape index (κ1) is 7.49. The van der Waals surface area contributed by atoms with Crippen molar-refractivity contribution in [2.75, 3.05) is 5.73 Å². The predicted octanol–water partition coefficient (Wildman–Crippen LogP) is 1.15. The summed E-state index contributed by atoms with van der Waals surface area (Å²) in [5, 5.41) is -0.433. The fourth-order valence-electron chi connectivity index (χ4n) is 2.23. The van der Waals surface area contributed by atoms with Gasteiger partial charge in [-0.2, -0.15) is 0 Å². The number of anilines is 1. The van der Waals surface area contributed by atoms with E-state index in [9.17, 15) is 14.4 Å². The van der Waals surface area contributed by atoms with E-state index in [1.807, 2.05) is 0 Å². The minimum Gasteiger partial charge on any atom is -0.398 e. The lowest BCUT2D eigenvalue weighted by molar-refractivity contribution is -0.132. The minimum atomic E-state index is -3.05. The number of hydrogen-bond donors (Lipinski definition) is 1. The Balaban J connectivity index is 2.44. The van der Waals surface area contributed by atoms with E-state index >= 15 is 0 Å². The largest absolute Gasteiger partial charge is 0.398 e. The highest BCUT2D eigenvalue weighted by atomic mass is 16.2. The molecule has 1 fully saturated rings. The molecule has 1 atom stereocenters. The van der Waals surface area contributed by atoms with Crippen LogP contribution in [0.15, 0.2) is 22.9 Å². The molecule has 1 aromatic carbocycles. The molecule has 3 rings (SSSR count). The molecule has 1 saturated carbocycles. The molecule has 1 aliphatic carbocycles. The number of benzene rings is 1. The molecule has 1 aromatic heterocycles. The van der Waals surface area contributed by atoms with E-state index in [0.29, 0.717) is 4.57 Å². The molecular formula is C15H15N3O3. The van der Waals surface area contributed by atoms with Crippen LogP contribution in [0.25, 0.3) is 10.9 Å². The number of rotatable bonds is 1. The summed E-state index contributed by atoms with van der Waals surface area (Å²) in [4.78, 5) is 41.4. The molecule has 6 heteroatoms. The van der Waals surface area contributed by atoms with Crippen molar-refractivity contribution in [2.24, 2.45) is 0 Å². The van der Waals surface area contributed by atoms with E-state index in [4.69, 9.17) is 15.3 Å². The first-order valence-electron chi connectivity index (χ1n) is 9.59. The Morgan fingerprint density at radius 1 is 1.43 bits per heavy atom. The number of nitrogen functional groups attached to an aromatic ring is 1. The summed E-state index contributed by atoms with van der Waals surface area (Å²) in [6.07, 6.45) is -6.97. The fourth-order valence-corrected chi connectivity index (χ4v) is 2.23. The highest BCUT2D eigenvalue weighted by molar-refractivity contribution is 6.03. The molecule has 2 N–H and O–H groups in total. The maximum Gasteiger partial charge on any atom is 0.264 e. The van der Waals surface area contributed by atoms with Crippen molar-refractivity contribution in [3.8, 4) is 0 Å². The van der Waals surface area contributed by atoms with Crippen LogP contribution in [0.5, 0.6) is 0 Å². The maximum absolute atomic E-state index is 13.1. The number of aryl methyl sites for hydroxylation is 1. The zero-order chi connectivity index (χ0) is 21.3. The molecule has 1 heterocycles. The van der Waals surface area contributed by atoms with Crippen LogP contribution < -0.4 is 11.3 Å². The topological polar surface area (TPSA) is 95.0 Å². The van der Waals surface area contributed by atoms with E-state index in [2.05, 4.69) is 4.98 Å². The van der Waals surface area contributed by atoms with Crippen LogP contribution in [0.1, 0.15) is 40.6 Å². The van der Waals surface area contributed by atoms with Crippen molar-refractivity contribution >= 4 is 28.2 Å². The van der Waals surface area contributed by atoms with Gasteiger partial charge in [0.25, 0.3) is 5.56 Å². The minimum absolute atomic E-state index is 0.213. The number of nitrogens with zero attached hydrogens (tertiary/aromatic N) is 2. The lowest BCUT2D eigenvalue weighted by Gasteiger charge is -2.24. The lowest BCUT2D eigenvalue weighted by Crippen LogP contribution is -2.36. The smallest absolute Gasteiger partial charge is 0.264 e. The monoisotopic (exact) mass is 292 g/mol. The number of carbonyl (C=O) groups is 2. The molecule has 108 valence electrons. The van der Waals surface area contributed by atoms with Crippen LogP contribution in [0.3, 0.4) is 0 Å². The number of carbonyl (C=O) groups excluding carboxylic acids is 2. The Kier molecular flexibility index (Phi) is 1.71. The number of aromatic nitrogens is 2.